The van der Waals surface area contributed by atoms with E-state index >= 15 is 0 Å². The third-order valence-corrected chi connectivity index (χ3v) is 35.8. The first kappa shape index (κ1) is 38.6. The van der Waals surface area contributed by atoms with Gasteiger partial charge in [-0.25, -0.2) is 0 Å². The standard InChI is InChI=1S/C25H72N4Si8/c1-30(2,3)26(31(4,5)6)25(27(32(7,8)9)33(10,11)12,28(34(13,14)15)35(16,17)18)29(36(19,20)21)37(22,23)24/h1-24H3. The summed E-state index contributed by atoms with van der Waals surface area (Å²) in [4.78, 5) is 0. The molecule has 0 unspecified atom stereocenters. The van der Waals surface area contributed by atoms with Gasteiger partial charge in [0.05, 0.1) is 0 Å². The van der Waals surface area contributed by atoms with Crippen molar-refractivity contribution < 1.29 is 0 Å². The first-order valence-corrected chi connectivity index (χ1v) is 42.3. The van der Waals surface area contributed by atoms with Crippen molar-refractivity contribution in [2.24, 2.45) is 0 Å². The molecule has 0 aromatic heterocycles. The lowest BCUT2D eigenvalue weighted by Crippen LogP contribution is -2.97. The quantitative estimate of drug-likeness (QED) is 0.154. The van der Waals surface area contributed by atoms with Gasteiger partial charge in [-0.1, -0.05) is 157 Å². The summed E-state index contributed by atoms with van der Waals surface area (Å²) in [6.07, 6.45) is 0. The van der Waals surface area contributed by atoms with E-state index in [4.69, 9.17) is 0 Å². The molecule has 37 heavy (non-hydrogen) atoms. The third kappa shape index (κ3) is 8.78. The molecule has 0 saturated heterocycles. The smallest absolute Gasteiger partial charge is 0.142 e. The molecule has 0 aliphatic carbocycles. The monoisotopic (exact) mass is 652 g/mol. The Hall–Kier alpha value is 1.58. The summed E-state index contributed by atoms with van der Waals surface area (Å²) >= 11 is 0. The molecule has 4 nitrogen and oxygen atoms in total. The Morgan fingerprint density at radius 1 is 0.216 bits per heavy atom. The fourth-order valence-corrected chi connectivity index (χ4v) is 52.4. The molecule has 0 aliphatic heterocycles. The Labute approximate surface area is 244 Å². The van der Waals surface area contributed by atoms with E-state index in [0.717, 1.165) is 0 Å². The second-order valence-corrected chi connectivity index (χ2v) is 59.4. The van der Waals surface area contributed by atoms with Crippen molar-refractivity contribution in [2.45, 2.75) is 163 Å². The summed E-state index contributed by atoms with van der Waals surface area (Å²) in [6, 6.07) is 0. The van der Waals surface area contributed by atoms with Crippen LogP contribution < -0.4 is 0 Å². The molecule has 0 radical (unpaired) electrons. The molecule has 0 rings (SSSR count). The van der Waals surface area contributed by atoms with Gasteiger partial charge >= 0.3 is 0 Å². The molecule has 12 heteroatoms. The minimum atomic E-state index is -1.82. The second-order valence-electron chi connectivity index (χ2n) is 19.3. The molecule has 224 valence electrons. The van der Waals surface area contributed by atoms with Gasteiger partial charge in [-0.3, -0.25) is 0 Å². The molecule has 0 N–H and O–H groups in total. The minimum Gasteiger partial charge on any atom is -0.306 e. The maximum atomic E-state index is 3.33. The van der Waals surface area contributed by atoms with Crippen LogP contribution in [0.4, 0.5) is 0 Å². The largest absolute Gasteiger partial charge is 0.306 e. The predicted octanol–water partition coefficient (Wildman–Crippen LogP) is 9.48. The Kier molecular flexibility index (Phi) is 11.5. The Morgan fingerprint density at radius 2 is 0.297 bits per heavy atom. The van der Waals surface area contributed by atoms with Gasteiger partial charge in [-0.15, -0.1) is 0 Å². The van der Waals surface area contributed by atoms with Gasteiger partial charge in [0.2, 0.25) is 0 Å². The molecule has 0 aromatic rings. The van der Waals surface area contributed by atoms with Gasteiger partial charge in [0.15, 0.2) is 0 Å². The summed E-state index contributed by atoms with van der Waals surface area (Å²) in [7, 11) is -14.5. The van der Waals surface area contributed by atoms with Crippen LogP contribution in [0.2, 0.25) is 157 Å². The zero-order valence-electron chi connectivity index (χ0n) is 30.3. The highest BCUT2D eigenvalue weighted by Gasteiger charge is 2.69. The average molecular weight is 654 g/mol. The Balaban J connectivity index is 9.26. The van der Waals surface area contributed by atoms with Crippen LogP contribution in [0.1, 0.15) is 0 Å². The van der Waals surface area contributed by atoms with E-state index in [1.54, 1.807) is 0 Å². The van der Waals surface area contributed by atoms with E-state index in [9.17, 15) is 0 Å². The Bertz CT molecular complexity index is 575. The van der Waals surface area contributed by atoms with E-state index in [1.807, 2.05) is 0 Å². The second kappa shape index (κ2) is 11.0. The first-order chi connectivity index (χ1) is 15.5. The van der Waals surface area contributed by atoms with E-state index in [2.05, 4.69) is 174 Å². The van der Waals surface area contributed by atoms with Gasteiger partial charge in [0.1, 0.15) is 71.8 Å². The van der Waals surface area contributed by atoms with Gasteiger partial charge in [0.25, 0.3) is 0 Å². The first-order valence-electron chi connectivity index (χ1n) is 14.7. The van der Waals surface area contributed by atoms with E-state index < -0.39 is 65.9 Å². The van der Waals surface area contributed by atoms with Crippen LogP contribution in [-0.4, -0.2) is 88.7 Å². The number of hydrogen-bond acceptors (Lipinski definition) is 4. The molecule has 0 aliphatic rings. The van der Waals surface area contributed by atoms with Gasteiger partial charge < -0.3 is 16.9 Å². The van der Waals surface area contributed by atoms with E-state index in [0.29, 0.717) is 0 Å². The minimum absolute atomic E-state index is 0.131. The van der Waals surface area contributed by atoms with Crippen LogP contribution in [0.25, 0.3) is 0 Å². The highest BCUT2D eigenvalue weighted by molar-refractivity contribution is 6.96. The zero-order chi connectivity index (χ0) is 30.8. The average Bonchev–Trinajstić information content (AvgIpc) is 2.30. The van der Waals surface area contributed by atoms with Gasteiger partial charge in [0, 0.05) is 0 Å². The lowest BCUT2D eigenvalue weighted by Gasteiger charge is -2.78. The zero-order valence-corrected chi connectivity index (χ0v) is 38.3. The van der Waals surface area contributed by atoms with Crippen molar-refractivity contribution in [2.75, 3.05) is 0 Å². The molecule has 0 atom stereocenters. The molecule has 0 spiro atoms. The topological polar surface area (TPSA) is 13.0 Å². The molecule has 0 amide bonds. The fraction of sp³-hybridized carbons (Fsp3) is 1.00. The SMILES string of the molecule is C[Si](C)(C)N(C(N([Si](C)(C)C)[Si](C)(C)C)(N([Si](C)(C)C)[Si](C)(C)C)N([Si](C)(C)C)[Si](C)(C)C)[Si](C)(C)C. The lowest BCUT2D eigenvalue weighted by atomic mass is 10.7. The van der Waals surface area contributed by atoms with Crippen LogP contribution in [0, 0.1) is 0 Å². The van der Waals surface area contributed by atoms with Crippen molar-refractivity contribution in [3.8, 4) is 0 Å². The fourth-order valence-electron chi connectivity index (χ4n) is 8.22. The van der Waals surface area contributed by atoms with E-state index in [1.165, 1.54) is 0 Å². The summed E-state index contributed by atoms with van der Waals surface area (Å²) in [6.45, 7) is 64.1. The van der Waals surface area contributed by atoms with Gasteiger partial charge in [-0.2, -0.15) is 0 Å². The Morgan fingerprint density at radius 3 is 0.351 bits per heavy atom. The molecule has 0 heterocycles. The van der Waals surface area contributed by atoms with Crippen molar-refractivity contribution in [3.63, 3.8) is 0 Å². The summed E-state index contributed by atoms with van der Waals surface area (Å²) < 4.78 is 13.3. The van der Waals surface area contributed by atoms with Crippen molar-refractivity contribution in [1.82, 2.24) is 16.9 Å². The lowest BCUT2D eigenvalue weighted by molar-refractivity contribution is -0.0317. The van der Waals surface area contributed by atoms with Crippen LogP contribution in [0.5, 0.6) is 0 Å². The maximum absolute atomic E-state index is 3.33. The maximum Gasteiger partial charge on any atom is 0.142 e. The molecule has 0 bridgehead atoms. The van der Waals surface area contributed by atoms with Crippen molar-refractivity contribution in [1.29, 1.82) is 0 Å². The van der Waals surface area contributed by atoms with Crippen molar-refractivity contribution >= 4 is 65.9 Å². The molecule has 0 fully saturated rings. The molecular formula is C25H72N4Si8. The normalized spacial score (nSPS) is 16.5. The van der Waals surface area contributed by atoms with Gasteiger partial charge in [-0.05, 0) is 0 Å². The van der Waals surface area contributed by atoms with Crippen molar-refractivity contribution in [3.05, 3.63) is 0 Å². The van der Waals surface area contributed by atoms with E-state index in [-0.39, 0.29) is 5.91 Å². The molecular weight excluding hydrogens is 581 g/mol. The number of hydrogen-bond donors (Lipinski definition) is 0. The number of rotatable bonds is 12. The predicted molar refractivity (Wildman–Crippen MR) is 197 cm³/mol. The summed E-state index contributed by atoms with van der Waals surface area (Å²) in [5.41, 5.74) is 0. The summed E-state index contributed by atoms with van der Waals surface area (Å²) in [5.74, 6) is -0.131. The van der Waals surface area contributed by atoms with Crippen LogP contribution in [0.15, 0.2) is 0 Å². The molecule has 0 saturated carbocycles. The third-order valence-electron chi connectivity index (χ3n) is 6.57. The summed E-state index contributed by atoms with van der Waals surface area (Å²) in [5, 5.41) is 0. The van der Waals surface area contributed by atoms with Crippen LogP contribution in [0.3, 0.4) is 0 Å². The van der Waals surface area contributed by atoms with Crippen LogP contribution in [-0.2, 0) is 0 Å². The highest BCUT2D eigenvalue weighted by atomic mass is 28.4. The molecule has 0 aromatic carbocycles. The highest BCUT2D eigenvalue weighted by Crippen LogP contribution is 2.50. The van der Waals surface area contributed by atoms with Crippen LogP contribution >= 0.6 is 0 Å². The number of nitrogens with zero attached hydrogens (tertiary/aromatic N) is 4.